The van der Waals surface area contributed by atoms with E-state index in [1.165, 1.54) is 0 Å². The number of nitrogens with zero attached hydrogens (tertiary/aromatic N) is 1. The molecule has 0 unspecified atom stereocenters. The lowest BCUT2D eigenvalue weighted by atomic mass is 10.1. The molecular formula is C15H11Cl2N3O. The van der Waals surface area contributed by atoms with E-state index in [0.29, 0.717) is 22.3 Å². The lowest BCUT2D eigenvalue weighted by Gasteiger charge is -2.08. The summed E-state index contributed by atoms with van der Waals surface area (Å²) in [7, 11) is 0. The second-order valence-electron chi connectivity index (χ2n) is 4.58. The maximum Gasteiger partial charge on any atom is 0.272 e. The van der Waals surface area contributed by atoms with Crippen molar-refractivity contribution < 1.29 is 0 Å². The van der Waals surface area contributed by atoms with Crippen LogP contribution in [0.15, 0.2) is 47.3 Å². The van der Waals surface area contributed by atoms with E-state index in [0.717, 1.165) is 11.3 Å². The highest BCUT2D eigenvalue weighted by Gasteiger charge is 2.05. The van der Waals surface area contributed by atoms with Gasteiger partial charge in [-0.15, -0.1) is 0 Å². The summed E-state index contributed by atoms with van der Waals surface area (Å²) in [5.41, 5.74) is 1.72. The molecule has 0 spiro atoms. The van der Waals surface area contributed by atoms with Gasteiger partial charge in [0.25, 0.3) is 5.56 Å². The number of aromatic amines is 1. The van der Waals surface area contributed by atoms with Gasteiger partial charge in [0.2, 0.25) is 0 Å². The van der Waals surface area contributed by atoms with Gasteiger partial charge in [-0.05, 0) is 35.9 Å². The number of anilines is 1. The number of hydrogen-bond acceptors (Lipinski definition) is 3. The molecule has 0 saturated carbocycles. The standard InChI is InChI=1S/C15H11Cl2N3O/c16-10-3-1-9(2-4-10)8-18-11-5-6-12-13(7-11)14(17)19-20-15(12)21/h1-7,18H,8H2,(H,20,21). The molecule has 106 valence electrons. The van der Waals surface area contributed by atoms with E-state index in [9.17, 15) is 4.79 Å². The van der Waals surface area contributed by atoms with Crippen molar-refractivity contribution in [2.45, 2.75) is 6.54 Å². The van der Waals surface area contributed by atoms with Crippen LogP contribution < -0.4 is 10.9 Å². The molecule has 1 aromatic heterocycles. The lowest BCUT2D eigenvalue weighted by Crippen LogP contribution is -2.08. The van der Waals surface area contributed by atoms with Gasteiger partial charge in [0, 0.05) is 22.6 Å². The van der Waals surface area contributed by atoms with Crippen molar-refractivity contribution in [1.29, 1.82) is 0 Å². The number of rotatable bonds is 3. The zero-order valence-corrected chi connectivity index (χ0v) is 12.4. The third-order valence-corrected chi connectivity index (χ3v) is 3.69. The van der Waals surface area contributed by atoms with Gasteiger partial charge in [-0.2, -0.15) is 5.10 Å². The molecule has 1 heterocycles. The Morgan fingerprint density at radius 2 is 1.81 bits per heavy atom. The van der Waals surface area contributed by atoms with Crippen LogP contribution in [0.25, 0.3) is 10.8 Å². The fourth-order valence-electron chi connectivity index (χ4n) is 2.05. The topological polar surface area (TPSA) is 57.8 Å². The summed E-state index contributed by atoms with van der Waals surface area (Å²) in [6.07, 6.45) is 0. The number of nitrogens with one attached hydrogen (secondary N) is 2. The first-order valence-corrected chi connectivity index (χ1v) is 7.05. The molecular weight excluding hydrogens is 309 g/mol. The van der Waals surface area contributed by atoms with Crippen molar-refractivity contribution in [1.82, 2.24) is 10.2 Å². The number of H-pyrrole nitrogens is 1. The molecule has 0 bridgehead atoms. The predicted molar refractivity (Wildman–Crippen MR) is 86.2 cm³/mol. The Balaban J connectivity index is 1.86. The van der Waals surface area contributed by atoms with Gasteiger partial charge in [-0.25, -0.2) is 5.10 Å². The van der Waals surface area contributed by atoms with Crippen LogP contribution in [0, 0.1) is 0 Å². The zero-order chi connectivity index (χ0) is 14.8. The normalized spacial score (nSPS) is 10.8. The summed E-state index contributed by atoms with van der Waals surface area (Å²) in [5.74, 6) is 0. The second kappa shape index (κ2) is 5.76. The van der Waals surface area contributed by atoms with Crippen LogP contribution in [-0.2, 0) is 6.54 Å². The largest absolute Gasteiger partial charge is 0.381 e. The maximum atomic E-state index is 11.6. The van der Waals surface area contributed by atoms with Crippen LogP contribution in [0.5, 0.6) is 0 Å². The molecule has 4 nitrogen and oxygen atoms in total. The molecule has 0 radical (unpaired) electrons. The molecule has 0 fully saturated rings. The van der Waals surface area contributed by atoms with Crippen molar-refractivity contribution in [3.05, 3.63) is 68.6 Å². The van der Waals surface area contributed by atoms with Gasteiger partial charge in [0.05, 0.1) is 5.39 Å². The molecule has 0 aliphatic carbocycles. The van der Waals surface area contributed by atoms with Gasteiger partial charge >= 0.3 is 0 Å². The molecule has 0 atom stereocenters. The van der Waals surface area contributed by atoms with E-state index < -0.39 is 0 Å². The van der Waals surface area contributed by atoms with Crippen LogP contribution in [0.4, 0.5) is 5.69 Å². The minimum Gasteiger partial charge on any atom is -0.381 e. The number of halogens is 2. The average Bonchev–Trinajstić information content (AvgIpc) is 2.50. The smallest absolute Gasteiger partial charge is 0.272 e. The van der Waals surface area contributed by atoms with E-state index in [2.05, 4.69) is 15.5 Å². The Bertz CT molecular complexity index is 844. The van der Waals surface area contributed by atoms with Crippen molar-refractivity contribution in [2.75, 3.05) is 5.32 Å². The fourth-order valence-corrected chi connectivity index (χ4v) is 2.37. The van der Waals surface area contributed by atoms with Crippen LogP contribution in [-0.4, -0.2) is 10.2 Å². The molecule has 21 heavy (non-hydrogen) atoms. The van der Waals surface area contributed by atoms with Gasteiger partial charge in [-0.3, -0.25) is 4.79 Å². The molecule has 2 aromatic carbocycles. The molecule has 0 aliphatic heterocycles. The fraction of sp³-hybridized carbons (Fsp3) is 0.0667. The monoisotopic (exact) mass is 319 g/mol. The first kappa shape index (κ1) is 13.9. The average molecular weight is 320 g/mol. The molecule has 6 heteroatoms. The van der Waals surface area contributed by atoms with Crippen molar-refractivity contribution in [3.63, 3.8) is 0 Å². The molecule has 3 rings (SSSR count). The maximum absolute atomic E-state index is 11.6. The molecule has 0 amide bonds. The Morgan fingerprint density at radius 3 is 2.57 bits per heavy atom. The van der Waals surface area contributed by atoms with Gasteiger partial charge in [0.15, 0.2) is 5.15 Å². The van der Waals surface area contributed by atoms with E-state index in [4.69, 9.17) is 23.2 Å². The highest BCUT2D eigenvalue weighted by Crippen LogP contribution is 2.22. The minimum atomic E-state index is -0.251. The van der Waals surface area contributed by atoms with Gasteiger partial charge < -0.3 is 5.32 Å². The molecule has 2 N–H and O–H groups in total. The number of fused-ring (bicyclic) bond motifs is 1. The Kier molecular flexibility index (Phi) is 3.82. The quantitative estimate of drug-likeness (QED) is 0.771. The highest BCUT2D eigenvalue weighted by atomic mass is 35.5. The number of hydrogen-bond donors (Lipinski definition) is 2. The van der Waals surface area contributed by atoms with E-state index in [1.807, 2.05) is 36.4 Å². The zero-order valence-electron chi connectivity index (χ0n) is 10.9. The summed E-state index contributed by atoms with van der Waals surface area (Å²) >= 11 is 11.9. The molecule has 0 aliphatic rings. The van der Waals surface area contributed by atoms with Crippen LogP contribution >= 0.6 is 23.2 Å². The Hall–Kier alpha value is -2.04. The SMILES string of the molecule is O=c1[nH]nc(Cl)c2cc(NCc3ccc(Cl)cc3)ccc12. The molecule has 0 saturated heterocycles. The summed E-state index contributed by atoms with van der Waals surface area (Å²) in [4.78, 5) is 11.6. The third kappa shape index (κ3) is 3.01. The van der Waals surface area contributed by atoms with Crippen molar-refractivity contribution in [3.8, 4) is 0 Å². The van der Waals surface area contributed by atoms with E-state index in [-0.39, 0.29) is 10.7 Å². The first-order valence-electron chi connectivity index (χ1n) is 6.30. The van der Waals surface area contributed by atoms with Gasteiger partial charge in [0.1, 0.15) is 0 Å². The lowest BCUT2D eigenvalue weighted by molar-refractivity contribution is 1.01. The number of benzene rings is 2. The number of aromatic nitrogens is 2. The van der Waals surface area contributed by atoms with Crippen LogP contribution in [0.3, 0.4) is 0 Å². The summed E-state index contributed by atoms with van der Waals surface area (Å²) in [5, 5.41) is 11.5. The van der Waals surface area contributed by atoms with Crippen LogP contribution in [0.2, 0.25) is 10.2 Å². The van der Waals surface area contributed by atoms with Crippen LogP contribution in [0.1, 0.15) is 5.56 Å². The second-order valence-corrected chi connectivity index (χ2v) is 5.38. The first-order chi connectivity index (χ1) is 10.1. The van der Waals surface area contributed by atoms with E-state index in [1.54, 1.807) is 6.07 Å². The Labute approximate surface area is 130 Å². The molecule has 3 aromatic rings. The summed E-state index contributed by atoms with van der Waals surface area (Å²) in [6, 6.07) is 13.0. The van der Waals surface area contributed by atoms with E-state index >= 15 is 0 Å². The summed E-state index contributed by atoms with van der Waals surface area (Å²) < 4.78 is 0. The van der Waals surface area contributed by atoms with Gasteiger partial charge in [-0.1, -0.05) is 35.3 Å². The van der Waals surface area contributed by atoms with Crippen molar-refractivity contribution >= 4 is 39.7 Å². The summed E-state index contributed by atoms with van der Waals surface area (Å²) in [6.45, 7) is 0.650. The Morgan fingerprint density at radius 1 is 1.05 bits per heavy atom. The third-order valence-electron chi connectivity index (χ3n) is 3.15. The minimum absolute atomic E-state index is 0.251. The highest BCUT2D eigenvalue weighted by molar-refractivity contribution is 6.34. The predicted octanol–water partition coefficient (Wildman–Crippen LogP) is 3.84. The van der Waals surface area contributed by atoms with Crippen molar-refractivity contribution in [2.24, 2.45) is 0 Å².